The molecule has 1 aromatic carbocycles. The summed E-state index contributed by atoms with van der Waals surface area (Å²) in [6.07, 6.45) is 5.19. The van der Waals surface area contributed by atoms with E-state index in [1.165, 1.54) is 24.3 Å². The van der Waals surface area contributed by atoms with Crippen molar-refractivity contribution in [1.29, 1.82) is 0 Å². The van der Waals surface area contributed by atoms with E-state index in [1.807, 2.05) is 0 Å². The number of nitrogens with two attached hydrogens (primary N) is 1. The Balaban J connectivity index is 2.76. The molecule has 0 bridgehead atoms. The monoisotopic (exact) mass is 295 g/mol. The summed E-state index contributed by atoms with van der Waals surface area (Å²) >= 11 is 0. The molecule has 0 aliphatic heterocycles. The summed E-state index contributed by atoms with van der Waals surface area (Å²) in [6, 6.07) is 5.65. The van der Waals surface area contributed by atoms with Crippen LogP contribution in [0.1, 0.15) is 12.5 Å². The van der Waals surface area contributed by atoms with Crippen LogP contribution in [0, 0.1) is 12.3 Å². The Hall–Kier alpha value is -2.04. The lowest BCUT2D eigenvalue weighted by atomic mass is 10.2. The van der Waals surface area contributed by atoms with Crippen molar-refractivity contribution >= 4 is 15.7 Å². The van der Waals surface area contributed by atoms with E-state index in [1.54, 1.807) is 6.92 Å². The summed E-state index contributed by atoms with van der Waals surface area (Å²) in [5.41, 5.74) is 5.85. The summed E-state index contributed by atoms with van der Waals surface area (Å²) in [5.74, 6) is 2.34. The second kappa shape index (κ2) is 6.93. The van der Waals surface area contributed by atoms with Gasteiger partial charge in [-0.15, -0.1) is 6.42 Å². The number of nitrogens with zero attached hydrogens (tertiary/aromatic N) is 1. The molecule has 0 spiro atoms. The highest BCUT2D eigenvalue weighted by Gasteiger charge is 2.14. The summed E-state index contributed by atoms with van der Waals surface area (Å²) in [4.78, 5) is 0.183. The van der Waals surface area contributed by atoms with Gasteiger partial charge in [0.25, 0.3) is 0 Å². The molecule has 1 rings (SSSR count). The first-order valence-corrected chi connectivity index (χ1v) is 7.56. The largest absolute Gasteiger partial charge is 0.409 e. The number of terminal acetylenes is 1. The third-order valence-corrected chi connectivity index (χ3v) is 4.42. The van der Waals surface area contributed by atoms with Gasteiger partial charge in [0.2, 0.25) is 0 Å². The molecular formula is C13H17N3O3S. The van der Waals surface area contributed by atoms with Crippen molar-refractivity contribution in [2.75, 3.05) is 12.3 Å². The van der Waals surface area contributed by atoms with E-state index >= 15 is 0 Å². The van der Waals surface area contributed by atoms with Crippen LogP contribution in [0.3, 0.4) is 0 Å². The van der Waals surface area contributed by atoms with Crippen LogP contribution in [0.5, 0.6) is 0 Å². The Morgan fingerprint density at radius 2 is 2.10 bits per heavy atom. The Labute approximate surface area is 118 Å². The molecule has 0 radical (unpaired) electrons. The molecule has 0 heterocycles. The second-order valence-corrected chi connectivity index (χ2v) is 6.28. The van der Waals surface area contributed by atoms with E-state index in [9.17, 15) is 8.42 Å². The molecule has 108 valence electrons. The number of amidine groups is 1. The number of hydrogen-bond donors (Lipinski definition) is 3. The van der Waals surface area contributed by atoms with Crippen molar-refractivity contribution in [1.82, 2.24) is 5.32 Å². The lowest BCUT2D eigenvalue weighted by Gasteiger charge is -2.08. The van der Waals surface area contributed by atoms with Gasteiger partial charge in [-0.3, -0.25) is 0 Å². The third-order valence-electron chi connectivity index (χ3n) is 2.69. The predicted octanol–water partition coefficient (Wildman–Crippen LogP) is 0.166. The number of oxime groups is 1. The van der Waals surface area contributed by atoms with Gasteiger partial charge >= 0.3 is 0 Å². The summed E-state index contributed by atoms with van der Waals surface area (Å²) in [5, 5.41) is 14.3. The molecule has 0 aliphatic rings. The van der Waals surface area contributed by atoms with E-state index in [0.717, 1.165) is 0 Å². The topological polar surface area (TPSA) is 105 Å². The SMILES string of the molecule is C#CC(C)NCCS(=O)(=O)c1ccc(/C(N)=N/O)cc1. The summed E-state index contributed by atoms with van der Waals surface area (Å²) < 4.78 is 24.1. The minimum atomic E-state index is -3.39. The molecule has 20 heavy (non-hydrogen) atoms. The van der Waals surface area contributed by atoms with Crippen molar-refractivity contribution in [3.05, 3.63) is 29.8 Å². The molecular weight excluding hydrogens is 278 g/mol. The van der Waals surface area contributed by atoms with Gasteiger partial charge in [-0.1, -0.05) is 11.1 Å². The fraction of sp³-hybridized carbons (Fsp3) is 0.308. The van der Waals surface area contributed by atoms with Crippen molar-refractivity contribution in [2.45, 2.75) is 17.9 Å². The summed E-state index contributed by atoms with van der Waals surface area (Å²) in [7, 11) is -3.39. The standard InChI is InChI=1S/C13H17N3O3S/c1-3-10(2)15-8-9-20(18,19)12-6-4-11(5-7-12)13(14)16-17/h1,4-7,10,15,17H,8-9H2,2H3,(H2,14,16). The van der Waals surface area contributed by atoms with Gasteiger partial charge < -0.3 is 16.3 Å². The molecule has 0 amide bonds. The number of nitrogens with one attached hydrogen (secondary N) is 1. The zero-order valence-corrected chi connectivity index (χ0v) is 11.9. The van der Waals surface area contributed by atoms with Crippen LogP contribution in [0.4, 0.5) is 0 Å². The molecule has 1 aromatic rings. The van der Waals surface area contributed by atoms with Crippen molar-refractivity contribution in [3.63, 3.8) is 0 Å². The molecule has 6 nitrogen and oxygen atoms in total. The third kappa shape index (κ3) is 4.26. The van der Waals surface area contributed by atoms with Crippen LogP contribution in [0.25, 0.3) is 0 Å². The molecule has 1 unspecified atom stereocenters. The van der Waals surface area contributed by atoms with Gasteiger partial charge in [0.15, 0.2) is 15.7 Å². The Bertz CT molecular complexity index is 615. The van der Waals surface area contributed by atoms with Gasteiger partial charge in [-0.05, 0) is 31.2 Å². The van der Waals surface area contributed by atoms with Gasteiger partial charge in [-0.2, -0.15) is 0 Å². The second-order valence-electron chi connectivity index (χ2n) is 4.17. The van der Waals surface area contributed by atoms with Crippen molar-refractivity contribution in [2.24, 2.45) is 10.9 Å². The minimum absolute atomic E-state index is 0.0536. The summed E-state index contributed by atoms with van der Waals surface area (Å²) in [6.45, 7) is 2.05. The Morgan fingerprint density at radius 1 is 1.50 bits per heavy atom. The molecule has 0 saturated heterocycles. The minimum Gasteiger partial charge on any atom is -0.409 e. The lowest BCUT2D eigenvalue weighted by Crippen LogP contribution is -2.29. The van der Waals surface area contributed by atoms with Crippen molar-refractivity contribution in [3.8, 4) is 12.3 Å². The highest BCUT2D eigenvalue weighted by Crippen LogP contribution is 2.12. The van der Waals surface area contributed by atoms with Crippen LogP contribution >= 0.6 is 0 Å². The van der Waals surface area contributed by atoms with Crippen LogP contribution < -0.4 is 11.1 Å². The average Bonchev–Trinajstić information content (AvgIpc) is 2.46. The highest BCUT2D eigenvalue weighted by molar-refractivity contribution is 7.91. The van der Waals surface area contributed by atoms with Crippen LogP contribution in [0.15, 0.2) is 34.3 Å². The van der Waals surface area contributed by atoms with E-state index in [-0.39, 0.29) is 29.1 Å². The molecule has 0 fully saturated rings. The molecule has 4 N–H and O–H groups in total. The Morgan fingerprint density at radius 3 is 2.60 bits per heavy atom. The maximum atomic E-state index is 12.1. The zero-order chi connectivity index (χ0) is 15.2. The average molecular weight is 295 g/mol. The molecule has 1 atom stereocenters. The van der Waals surface area contributed by atoms with Crippen LogP contribution in [-0.4, -0.2) is 37.8 Å². The number of hydrogen-bond acceptors (Lipinski definition) is 5. The highest BCUT2D eigenvalue weighted by atomic mass is 32.2. The van der Waals surface area contributed by atoms with E-state index in [2.05, 4.69) is 16.4 Å². The normalized spacial score (nSPS) is 13.7. The van der Waals surface area contributed by atoms with Gasteiger partial charge in [0.05, 0.1) is 16.7 Å². The number of rotatable bonds is 6. The maximum Gasteiger partial charge on any atom is 0.179 e. The smallest absolute Gasteiger partial charge is 0.179 e. The predicted molar refractivity (Wildman–Crippen MR) is 77.3 cm³/mol. The van der Waals surface area contributed by atoms with Gasteiger partial charge in [0.1, 0.15) is 0 Å². The molecule has 0 saturated carbocycles. The first-order chi connectivity index (χ1) is 9.40. The molecule has 7 heteroatoms. The first-order valence-electron chi connectivity index (χ1n) is 5.91. The van der Waals surface area contributed by atoms with E-state index < -0.39 is 9.84 Å². The van der Waals surface area contributed by atoms with Crippen LogP contribution in [-0.2, 0) is 9.84 Å². The lowest BCUT2D eigenvalue weighted by molar-refractivity contribution is 0.318. The van der Waals surface area contributed by atoms with Crippen LogP contribution in [0.2, 0.25) is 0 Å². The van der Waals surface area contributed by atoms with Crippen molar-refractivity contribution < 1.29 is 13.6 Å². The molecule has 0 aromatic heterocycles. The zero-order valence-electron chi connectivity index (χ0n) is 11.1. The number of benzene rings is 1. The first kappa shape index (κ1) is 16.0. The van der Waals surface area contributed by atoms with Gasteiger partial charge in [0, 0.05) is 12.1 Å². The Kier molecular flexibility index (Phi) is 5.55. The number of sulfone groups is 1. The fourth-order valence-electron chi connectivity index (χ4n) is 1.48. The molecule has 0 aliphatic carbocycles. The fourth-order valence-corrected chi connectivity index (χ4v) is 2.65. The maximum absolute atomic E-state index is 12.1. The van der Waals surface area contributed by atoms with E-state index in [4.69, 9.17) is 17.4 Å². The van der Waals surface area contributed by atoms with Gasteiger partial charge in [-0.25, -0.2) is 8.42 Å². The van der Waals surface area contributed by atoms with E-state index in [0.29, 0.717) is 5.56 Å². The quantitative estimate of drug-likeness (QED) is 0.228.